The van der Waals surface area contributed by atoms with E-state index in [1.165, 1.54) is 12.1 Å². The van der Waals surface area contributed by atoms with Gasteiger partial charge in [-0.1, -0.05) is 0 Å². The summed E-state index contributed by atoms with van der Waals surface area (Å²) in [6, 6.07) is 4.17. The normalized spacial score (nSPS) is 16.4. The molecule has 0 radical (unpaired) electrons. The smallest absolute Gasteiger partial charge is 0.416 e. The number of carbonyl (C=O) groups excluding carboxylic acids is 1. The highest BCUT2D eigenvalue weighted by atomic mass is 19.4. The third-order valence-corrected chi connectivity index (χ3v) is 3.34. The van der Waals surface area contributed by atoms with E-state index in [9.17, 15) is 18.0 Å². The van der Waals surface area contributed by atoms with Crippen LogP contribution in [-0.2, 0) is 11.0 Å². The van der Waals surface area contributed by atoms with Crippen LogP contribution in [0.3, 0.4) is 0 Å². The zero-order valence-corrected chi connectivity index (χ0v) is 11.3. The molecule has 3 N–H and O–H groups in total. The molecular formula is C14H17F3N2O2. The number of alkyl halides is 3. The highest BCUT2D eigenvalue weighted by Crippen LogP contribution is 2.32. The number of benzene rings is 1. The number of ether oxygens (including phenoxy) is 1. The van der Waals surface area contributed by atoms with Crippen LogP contribution in [0, 0.1) is 5.92 Å². The van der Waals surface area contributed by atoms with Crippen molar-refractivity contribution >= 4 is 5.91 Å². The number of amides is 1. The van der Waals surface area contributed by atoms with Gasteiger partial charge in [0.05, 0.1) is 5.56 Å². The lowest BCUT2D eigenvalue weighted by molar-refractivity contribution is -0.137. The Balaban J connectivity index is 1.80. The average molecular weight is 302 g/mol. The largest absolute Gasteiger partial charge is 0.484 e. The Hall–Kier alpha value is -1.76. The Kier molecular flexibility index (Phi) is 4.72. The molecular weight excluding hydrogens is 285 g/mol. The van der Waals surface area contributed by atoms with Crippen molar-refractivity contribution in [3.8, 4) is 5.75 Å². The average Bonchev–Trinajstić information content (AvgIpc) is 3.26. The van der Waals surface area contributed by atoms with Gasteiger partial charge in [0, 0.05) is 12.6 Å². The Morgan fingerprint density at radius 3 is 2.43 bits per heavy atom. The van der Waals surface area contributed by atoms with Gasteiger partial charge in [0.2, 0.25) is 0 Å². The lowest BCUT2D eigenvalue weighted by Crippen LogP contribution is -2.43. The zero-order chi connectivity index (χ0) is 15.5. The number of halogens is 3. The van der Waals surface area contributed by atoms with Gasteiger partial charge in [-0.15, -0.1) is 0 Å². The molecule has 1 aliphatic carbocycles. The summed E-state index contributed by atoms with van der Waals surface area (Å²) in [5.74, 6) is 0.330. The second-order valence-corrected chi connectivity index (χ2v) is 5.06. The summed E-state index contributed by atoms with van der Waals surface area (Å²) >= 11 is 0. The van der Waals surface area contributed by atoms with Crippen molar-refractivity contribution in [1.29, 1.82) is 0 Å². The molecule has 0 spiro atoms. The SMILES string of the molecule is NCC(NC(=O)COc1ccc(C(F)(F)F)cc1)C1CC1. The molecule has 2 rings (SSSR count). The van der Waals surface area contributed by atoms with Gasteiger partial charge in [0.25, 0.3) is 5.91 Å². The maximum absolute atomic E-state index is 12.4. The van der Waals surface area contributed by atoms with Gasteiger partial charge in [-0.2, -0.15) is 13.2 Å². The molecule has 0 heterocycles. The molecule has 0 saturated heterocycles. The fraction of sp³-hybridized carbons (Fsp3) is 0.500. The van der Waals surface area contributed by atoms with Gasteiger partial charge in [-0.25, -0.2) is 0 Å². The number of nitrogens with two attached hydrogens (primary N) is 1. The maximum Gasteiger partial charge on any atom is 0.416 e. The second kappa shape index (κ2) is 6.34. The summed E-state index contributed by atoms with van der Waals surface area (Å²) in [5.41, 5.74) is 4.81. The van der Waals surface area contributed by atoms with E-state index < -0.39 is 11.7 Å². The molecule has 0 bridgehead atoms. The zero-order valence-electron chi connectivity index (χ0n) is 11.3. The summed E-state index contributed by atoms with van der Waals surface area (Å²) in [7, 11) is 0. The Labute approximate surface area is 120 Å². The van der Waals surface area contributed by atoms with Gasteiger partial charge < -0.3 is 15.8 Å². The highest BCUT2D eigenvalue weighted by Gasteiger charge is 2.31. The van der Waals surface area contributed by atoms with Crippen molar-refractivity contribution in [3.63, 3.8) is 0 Å². The summed E-state index contributed by atoms with van der Waals surface area (Å²) in [6.07, 6.45) is -2.27. The molecule has 1 aliphatic rings. The number of rotatable bonds is 6. The van der Waals surface area contributed by atoms with E-state index in [1.807, 2.05) is 0 Å². The van der Waals surface area contributed by atoms with E-state index in [0.717, 1.165) is 25.0 Å². The van der Waals surface area contributed by atoms with Crippen LogP contribution in [0.2, 0.25) is 0 Å². The number of nitrogens with one attached hydrogen (secondary N) is 1. The van der Waals surface area contributed by atoms with E-state index in [1.54, 1.807) is 0 Å². The molecule has 1 aromatic carbocycles. The Bertz CT molecular complexity index is 484. The van der Waals surface area contributed by atoms with Crippen LogP contribution < -0.4 is 15.8 Å². The van der Waals surface area contributed by atoms with Crippen molar-refractivity contribution in [3.05, 3.63) is 29.8 Å². The van der Waals surface area contributed by atoms with Crippen molar-refractivity contribution < 1.29 is 22.7 Å². The molecule has 1 saturated carbocycles. The van der Waals surface area contributed by atoms with Crippen LogP contribution in [0.1, 0.15) is 18.4 Å². The first-order valence-corrected chi connectivity index (χ1v) is 6.69. The van der Waals surface area contributed by atoms with Crippen LogP contribution in [0.4, 0.5) is 13.2 Å². The van der Waals surface area contributed by atoms with Crippen molar-refractivity contribution in [2.75, 3.05) is 13.2 Å². The molecule has 7 heteroatoms. The summed E-state index contributed by atoms with van der Waals surface area (Å²) in [5, 5.41) is 2.77. The monoisotopic (exact) mass is 302 g/mol. The van der Waals surface area contributed by atoms with Crippen molar-refractivity contribution in [1.82, 2.24) is 5.32 Å². The van der Waals surface area contributed by atoms with Crippen molar-refractivity contribution in [2.24, 2.45) is 11.7 Å². The predicted octanol–water partition coefficient (Wildman–Crippen LogP) is 1.94. The Morgan fingerprint density at radius 1 is 1.33 bits per heavy atom. The molecule has 1 fully saturated rings. The quantitative estimate of drug-likeness (QED) is 0.844. The highest BCUT2D eigenvalue weighted by molar-refractivity contribution is 5.78. The van der Waals surface area contributed by atoms with E-state index >= 15 is 0 Å². The van der Waals surface area contributed by atoms with Gasteiger partial charge in [-0.05, 0) is 43.0 Å². The lowest BCUT2D eigenvalue weighted by Gasteiger charge is -2.16. The lowest BCUT2D eigenvalue weighted by atomic mass is 10.2. The summed E-state index contributed by atoms with van der Waals surface area (Å²) in [6.45, 7) is 0.130. The van der Waals surface area contributed by atoms with E-state index in [4.69, 9.17) is 10.5 Å². The van der Waals surface area contributed by atoms with Crippen LogP contribution in [0.15, 0.2) is 24.3 Å². The first-order valence-electron chi connectivity index (χ1n) is 6.69. The Morgan fingerprint density at radius 2 is 1.95 bits per heavy atom. The van der Waals surface area contributed by atoms with Gasteiger partial charge in [0.15, 0.2) is 6.61 Å². The summed E-state index contributed by atoms with van der Waals surface area (Å²) < 4.78 is 42.3. The van der Waals surface area contributed by atoms with Crippen LogP contribution in [-0.4, -0.2) is 25.1 Å². The molecule has 0 aliphatic heterocycles. The predicted molar refractivity (Wildman–Crippen MR) is 70.6 cm³/mol. The fourth-order valence-electron chi connectivity index (χ4n) is 2.01. The minimum absolute atomic E-state index is 0.0475. The first-order chi connectivity index (χ1) is 9.90. The molecule has 1 amide bonds. The van der Waals surface area contributed by atoms with E-state index in [-0.39, 0.29) is 24.3 Å². The van der Waals surface area contributed by atoms with E-state index in [2.05, 4.69) is 5.32 Å². The molecule has 4 nitrogen and oxygen atoms in total. The van der Waals surface area contributed by atoms with Crippen molar-refractivity contribution in [2.45, 2.75) is 25.1 Å². The van der Waals surface area contributed by atoms with Crippen LogP contribution in [0.25, 0.3) is 0 Å². The van der Waals surface area contributed by atoms with Crippen LogP contribution >= 0.6 is 0 Å². The third-order valence-electron chi connectivity index (χ3n) is 3.34. The molecule has 0 aromatic heterocycles. The minimum atomic E-state index is -4.38. The minimum Gasteiger partial charge on any atom is -0.484 e. The first kappa shape index (κ1) is 15.6. The molecule has 1 atom stereocenters. The van der Waals surface area contributed by atoms with Crippen LogP contribution in [0.5, 0.6) is 5.75 Å². The molecule has 21 heavy (non-hydrogen) atoms. The third kappa shape index (κ3) is 4.63. The van der Waals surface area contributed by atoms with Gasteiger partial charge in [0.1, 0.15) is 5.75 Å². The number of hydrogen-bond donors (Lipinski definition) is 2. The van der Waals surface area contributed by atoms with E-state index in [0.29, 0.717) is 12.5 Å². The summed E-state index contributed by atoms with van der Waals surface area (Å²) in [4.78, 5) is 11.7. The van der Waals surface area contributed by atoms with Gasteiger partial charge >= 0.3 is 6.18 Å². The molecule has 1 aromatic rings. The number of hydrogen-bond acceptors (Lipinski definition) is 3. The second-order valence-electron chi connectivity index (χ2n) is 5.06. The fourth-order valence-corrected chi connectivity index (χ4v) is 2.01. The molecule has 1 unspecified atom stereocenters. The van der Waals surface area contributed by atoms with Gasteiger partial charge in [-0.3, -0.25) is 4.79 Å². The molecule has 116 valence electrons. The topological polar surface area (TPSA) is 64.3 Å². The maximum atomic E-state index is 12.4. The number of carbonyl (C=O) groups is 1. The standard InChI is InChI=1S/C14H17F3N2O2/c15-14(16,17)10-3-5-11(6-4-10)21-8-13(20)19-12(7-18)9-1-2-9/h3-6,9,12H,1-2,7-8,18H2,(H,19,20).